The van der Waals surface area contributed by atoms with Crippen molar-refractivity contribution >= 4 is 58.0 Å². The van der Waals surface area contributed by atoms with E-state index in [2.05, 4.69) is 13.8 Å². The maximum atomic E-state index is 11.9. The zero-order valence-electron chi connectivity index (χ0n) is 39.2. The van der Waals surface area contributed by atoms with Crippen LogP contribution in [-0.2, 0) is 33.1 Å². The van der Waals surface area contributed by atoms with Crippen molar-refractivity contribution in [2.45, 2.75) is 191 Å². The average molecular weight is 963 g/mol. The molecule has 4 aromatic carbocycles. The summed E-state index contributed by atoms with van der Waals surface area (Å²) in [5.41, 5.74) is 1.15. The van der Waals surface area contributed by atoms with Gasteiger partial charge in [-0.3, -0.25) is 4.55 Å². The van der Waals surface area contributed by atoms with E-state index in [1.165, 1.54) is 164 Å². The Morgan fingerprint density at radius 2 is 0.754 bits per heavy atom. The largest absolute Gasteiger partial charge is 2.00 e. The second-order valence-corrected chi connectivity index (χ2v) is 19.7. The minimum absolute atomic E-state index is 0. The summed E-state index contributed by atoms with van der Waals surface area (Å²) >= 11 is 0. The van der Waals surface area contributed by atoms with Crippen LogP contribution in [0.15, 0.2) is 94.7 Å². The van der Waals surface area contributed by atoms with Gasteiger partial charge in [0.15, 0.2) is 0 Å². The minimum atomic E-state index is -4.60. The van der Waals surface area contributed by atoms with Crippen molar-refractivity contribution < 1.29 is 45.6 Å². The Bertz CT molecular complexity index is 1940. The molecule has 0 spiro atoms. The van der Waals surface area contributed by atoms with Crippen molar-refractivity contribution in [1.29, 1.82) is 0 Å². The van der Waals surface area contributed by atoms with Crippen molar-refractivity contribution in [3.8, 4) is 34.5 Å². The van der Waals surface area contributed by atoms with Gasteiger partial charge >= 0.3 is 37.7 Å². The first-order valence-electron chi connectivity index (χ1n) is 23.9. The second kappa shape index (κ2) is 33.6. The van der Waals surface area contributed by atoms with Gasteiger partial charge in [0.1, 0.15) is 43.8 Å². The summed E-state index contributed by atoms with van der Waals surface area (Å²) in [6, 6.07) is 21.3. The molecule has 0 bridgehead atoms. The summed E-state index contributed by atoms with van der Waals surface area (Å²) in [4.78, 5) is -0.324. The van der Waals surface area contributed by atoms with E-state index in [-0.39, 0.29) is 64.8 Å². The summed E-state index contributed by atoms with van der Waals surface area (Å²) in [5.74, 6) is 1.44. The van der Waals surface area contributed by atoms with Gasteiger partial charge in [0.05, 0.1) is 4.90 Å². The Morgan fingerprint density at radius 3 is 1.11 bits per heavy atom. The molecule has 0 saturated heterocycles. The summed E-state index contributed by atoms with van der Waals surface area (Å²) in [7, 11) is -8.94. The number of hydrogen-bond acceptors (Lipinski definition) is 9. The van der Waals surface area contributed by atoms with E-state index in [1.807, 2.05) is 0 Å². The zero-order chi connectivity index (χ0) is 46.5. The topological polar surface area (TPSA) is 173 Å². The quantitative estimate of drug-likeness (QED) is 0.0272. The third kappa shape index (κ3) is 25.8. The Hall–Kier alpha value is -2.84. The molecule has 0 aliphatic heterocycles. The van der Waals surface area contributed by atoms with Gasteiger partial charge in [-0.2, -0.15) is 8.42 Å². The van der Waals surface area contributed by atoms with Gasteiger partial charge in [-0.15, -0.1) is 5.75 Å². The van der Waals surface area contributed by atoms with Crippen LogP contribution in [0.4, 0.5) is 0 Å². The smallest absolute Gasteiger partial charge is 0.872 e. The number of aromatic hydroxyl groups is 1. The molecule has 0 aliphatic carbocycles. The molecule has 0 atom stereocenters. The summed E-state index contributed by atoms with van der Waals surface area (Å²) < 4.78 is 80.0. The molecule has 0 amide bonds. The normalized spacial score (nSPS) is 11.4. The minimum Gasteiger partial charge on any atom is -0.872 e. The van der Waals surface area contributed by atoms with Gasteiger partial charge in [-0.1, -0.05) is 179 Å². The summed E-state index contributed by atoms with van der Waals surface area (Å²) in [5, 5.41) is 20.5. The second-order valence-electron chi connectivity index (χ2n) is 16.9. The fourth-order valence-electron chi connectivity index (χ4n) is 7.69. The molecule has 356 valence electrons. The van der Waals surface area contributed by atoms with Gasteiger partial charge in [-0.25, -0.2) is 8.42 Å². The van der Waals surface area contributed by atoms with E-state index in [1.54, 1.807) is 36.4 Å². The first-order chi connectivity index (χ1) is 30.8. The molecular formula is C52H74CaO10S2. The molecular weight excluding hydrogens is 889 g/mol. The van der Waals surface area contributed by atoms with Crippen molar-refractivity contribution in [3.63, 3.8) is 0 Å². The molecule has 2 N–H and O–H groups in total. The van der Waals surface area contributed by atoms with E-state index in [4.69, 9.17) is 9.47 Å². The molecule has 0 aliphatic rings. The van der Waals surface area contributed by atoms with Crippen LogP contribution >= 0.6 is 0 Å². The molecule has 0 radical (unpaired) electrons. The van der Waals surface area contributed by atoms with Crippen molar-refractivity contribution in [2.24, 2.45) is 0 Å². The molecule has 4 rings (SSSR count). The first kappa shape index (κ1) is 58.3. The molecule has 10 nitrogen and oxygen atoms in total. The number of aryl methyl sites for hydroxylation is 2. The molecule has 0 unspecified atom stereocenters. The van der Waals surface area contributed by atoms with Crippen LogP contribution < -0.4 is 14.6 Å². The van der Waals surface area contributed by atoms with Crippen molar-refractivity contribution in [1.82, 2.24) is 0 Å². The molecule has 0 heterocycles. The molecule has 65 heavy (non-hydrogen) atoms. The van der Waals surface area contributed by atoms with Gasteiger partial charge in [0, 0.05) is 6.07 Å². The fourth-order valence-corrected chi connectivity index (χ4v) is 9.21. The zero-order valence-corrected chi connectivity index (χ0v) is 43.0. The van der Waals surface area contributed by atoms with E-state index in [9.17, 15) is 36.2 Å². The van der Waals surface area contributed by atoms with E-state index >= 15 is 0 Å². The Balaban J connectivity index is 0.000000440. The van der Waals surface area contributed by atoms with Crippen LogP contribution in [0.2, 0.25) is 0 Å². The first-order valence-corrected chi connectivity index (χ1v) is 26.8. The number of benzene rings is 4. The maximum Gasteiger partial charge on any atom is 2.00 e. The fraction of sp³-hybridized carbons (Fsp3) is 0.538. The summed E-state index contributed by atoms with van der Waals surface area (Å²) in [6.45, 7) is 4.48. The molecule has 0 aromatic heterocycles. The number of hydrogen-bond donors (Lipinski definition) is 2. The average Bonchev–Trinajstić information content (AvgIpc) is 3.26. The third-order valence-corrected chi connectivity index (χ3v) is 13.2. The van der Waals surface area contributed by atoms with E-state index in [0.717, 1.165) is 38.5 Å². The van der Waals surface area contributed by atoms with E-state index in [0.29, 0.717) is 41.2 Å². The van der Waals surface area contributed by atoms with Gasteiger partial charge < -0.3 is 24.2 Å². The number of rotatable bonds is 32. The third-order valence-electron chi connectivity index (χ3n) is 11.4. The van der Waals surface area contributed by atoms with E-state index < -0.39 is 20.2 Å². The monoisotopic (exact) mass is 962 g/mol. The number of ether oxygens (including phenoxy) is 2. The van der Waals surface area contributed by atoms with Gasteiger partial charge in [0.2, 0.25) is 0 Å². The van der Waals surface area contributed by atoms with Crippen LogP contribution in [0.5, 0.6) is 34.5 Å². The standard InChI is InChI=1S/2C26H38O5S.Ca/c2*1-2-3-4-5-6-7-8-9-10-11-12-13-14-22-15-18-25(21-26(22)32(28,29)30)31-24-19-16-23(27)17-20-24;/h2*15-21,27H,2-14H2,1H3,(H,28,29,30);/q;;+2/p-2. The SMILES string of the molecule is CCCCCCCCCCCCCCc1ccc(Oc2ccc(O)cc2)cc1S(=O)(=O)O.CCCCCCCCCCCCCCc1ccc(Oc2ccc([O-])cc2)cc1S(=O)(=O)[O-].[Ca+2]. The number of unbranched alkanes of at least 4 members (excludes halogenated alkanes) is 22. The van der Waals surface area contributed by atoms with Gasteiger partial charge in [-0.05, 0) is 91.4 Å². The Morgan fingerprint density at radius 1 is 0.446 bits per heavy atom. The predicted octanol–water partition coefficient (Wildman–Crippen LogP) is 14.0. The van der Waals surface area contributed by atoms with Crippen LogP contribution in [0.3, 0.4) is 0 Å². The van der Waals surface area contributed by atoms with Crippen molar-refractivity contribution in [2.75, 3.05) is 0 Å². The number of phenolic OH excluding ortho intramolecular Hbond substituents is 1. The summed E-state index contributed by atoms with van der Waals surface area (Å²) in [6.07, 6.45) is 30.9. The molecule has 0 fully saturated rings. The van der Waals surface area contributed by atoms with Crippen molar-refractivity contribution in [3.05, 3.63) is 96.1 Å². The molecule has 0 saturated carbocycles. The van der Waals surface area contributed by atoms with Crippen LogP contribution in [0, 0.1) is 0 Å². The van der Waals surface area contributed by atoms with Crippen LogP contribution in [0.1, 0.15) is 179 Å². The molecule has 13 heteroatoms. The Labute approximate surface area is 421 Å². The molecule has 4 aromatic rings. The predicted molar refractivity (Wildman–Crippen MR) is 260 cm³/mol. The van der Waals surface area contributed by atoms with Gasteiger partial charge in [0.25, 0.3) is 10.1 Å². The number of phenols is 1. The maximum absolute atomic E-state index is 11.9. The Kier molecular flexibility index (Phi) is 30.1. The van der Waals surface area contributed by atoms with Crippen LogP contribution in [-0.4, -0.2) is 68.8 Å². The van der Waals surface area contributed by atoms with Crippen LogP contribution in [0.25, 0.3) is 0 Å².